The number of benzene rings is 2. The zero-order valence-corrected chi connectivity index (χ0v) is 17.4. The molecule has 0 radical (unpaired) electrons. The minimum absolute atomic E-state index is 0.0610. The highest BCUT2D eigenvalue weighted by Gasteiger charge is 2.27. The van der Waals surface area contributed by atoms with E-state index >= 15 is 0 Å². The van der Waals surface area contributed by atoms with Crippen LogP contribution in [0, 0.1) is 5.82 Å². The van der Waals surface area contributed by atoms with Gasteiger partial charge >= 0.3 is 0 Å². The van der Waals surface area contributed by atoms with Gasteiger partial charge in [0.1, 0.15) is 5.82 Å². The molecule has 0 bridgehead atoms. The zero-order valence-electron chi connectivity index (χ0n) is 16.6. The Labute approximate surface area is 174 Å². The van der Waals surface area contributed by atoms with Gasteiger partial charge in [-0.15, -0.1) is 0 Å². The molecule has 0 atom stereocenters. The number of carbonyl (C=O) groups excluding carboxylic acids is 1. The van der Waals surface area contributed by atoms with Crippen molar-refractivity contribution in [2.45, 2.75) is 37.5 Å². The quantitative estimate of drug-likeness (QED) is 0.669. The molecule has 0 spiro atoms. The van der Waals surface area contributed by atoms with Crippen LogP contribution in [-0.2, 0) is 22.7 Å². The van der Waals surface area contributed by atoms with Gasteiger partial charge in [-0.2, -0.15) is 5.10 Å². The van der Waals surface area contributed by atoms with Crippen molar-refractivity contribution >= 4 is 21.4 Å². The molecule has 0 unspecified atom stereocenters. The van der Waals surface area contributed by atoms with E-state index in [0.717, 1.165) is 30.5 Å². The van der Waals surface area contributed by atoms with Crippen LogP contribution < -0.4 is 5.32 Å². The van der Waals surface area contributed by atoms with Crippen molar-refractivity contribution in [1.29, 1.82) is 0 Å². The van der Waals surface area contributed by atoms with E-state index in [-0.39, 0.29) is 27.8 Å². The summed E-state index contributed by atoms with van der Waals surface area (Å²) < 4.78 is 39.8. The number of sulfone groups is 1. The first-order valence-corrected chi connectivity index (χ1v) is 11.6. The van der Waals surface area contributed by atoms with Gasteiger partial charge in [0.2, 0.25) is 0 Å². The van der Waals surface area contributed by atoms with E-state index in [1.807, 2.05) is 0 Å². The smallest absolute Gasteiger partial charge is 0.276 e. The second kappa shape index (κ2) is 8.02. The van der Waals surface area contributed by atoms with Crippen LogP contribution in [0.25, 0.3) is 5.69 Å². The molecule has 1 aliphatic carbocycles. The van der Waals surface area contributed by atoms with Crippen molar-refractivity contribution in [2.24, 2.45) is 0 Å². The van der Waals surface area contributed by atoms with Gasteiger partial charge in [0.15, 0.2) is 15.5 Å². The molecule has 6 nitrogen and oxygen atoms in total. The van der Waals surface area contributed by atoms with E-state index in [9.17, 15) is 17.6 Å². The molecule has 30 heavy (non-hydrogen) atoms. The highest BCUT2D eigenvalue weighted by Crippen LogP contribution is 2.29. The third-order valence-electron chi connectivity index (χ3n) is 5.32. The Kier molecular flexibility index (Phi) is 5.42. The molecular formula is C22H22FN3O3S. The third-order valence-corrected chi connectivity index (χ3v) is 7.10. The number of hydrogen-bond acceptors (Lipinski definition) is 4. The van der Waals surface area contributed by atoms with Crippen LogP contribution in [0.15, 0.2) is 53.4 Å². The van der Waals surface area contributed by atoms with Gasteiger partial charge < -0.3 is 5.32 Å². The fourth-order valence-electron chi connectivity index (χ4n) is 3.76. The number of anilines is 1. The molecule has 0 fully saturated rings. The van der Waals surface area contributed by atoms with Crippen LogP contribution in [-0.4, -0.2) is 29.9 Å². The molecule has 1 amide bonds. The first-order valence-electron chi connectivity index (χ1n) is 9.90. The van der Waals surface area contributed by atoms with Crippen molar-refractivity contribution in [2.75, 3.05) is 11.1 Å². The Morgan fingerprint density at radius 2 is 1.80 bits per heavy atom. The fraction of sp³-hybridized carbons (Fsp3) is 0.273. The van der Waals surface area contributed by atoms with Crippen molar-refractivity contribution < 1.29 is 17.6 Å². The predicted molar refractivity (Wildman–Crippen MR) is 112 cm³/mol. The van der Waals surface area contributed by atoms with Gasteiger partial charge in [-0.3, -0.25) is 4.79 Å². The Hall–Kier alpha value is -3.00. The molecule has 3 aromatic rings. The lowest BCUT2D eigenvalue weighted by Crippen LogP contribution is -2.18. The Morgan fingerprint density at radius 3 is 2.53 bits per heavy atom. The average molecular weight is 428 g/mol. The number of nitrogens with zero attached hydrogens (tertiary/aromatic N) is 2. The number of halogens is 1. The van der Waals surface area contributed by atoms with Gasteiger partial charge in [-0.1, -0.05) is 19.1 Å². The molecule has 0 saturated heterocycles. The highest BCUT2D eigenvalue weighted by atomic mass is 32.2. The summed E-state index contributed by atoms with van der Waals surface area (Å²) in [6, 6.07) is 12.3. The van der Waals surface area contributed by atoms with Crippen LogP contribution in [0.3, 0.4) is 0 Å². The maximum atomic E-state index is 13.3. The predicted octanol–water partition coefficient (Wildman–Crippen LogP) is 3.94. The number of nitrogens with one attached hydrogen (secondary N) is 1. The minimum Gasteiger partial charge on any atom is -0.319 e. The van der Waals surface area contributed by atoms with Crippen LogP contribution >= 0.6 is 0 Å². The first kappa shape index (κ1) is 20.3. The third kappa shape index (κ3) is 3.75. The van der Waals surface area contributed by atoms with Crippen LogP contribution in [0.2, 0.25) is 0 Å². The van der Waals surface area contributed by atoms with Crippen molar-refractivity contribution in [3.63, 3.8) is 0 Å². The largest absolute Gasteiger partial charge is 0.319 e. The number of para-hydroxylation sites is 1. The minimum atomic E-state index is -3.49. The first-order chi connectivity index (χ1) is 14.4. The maximum Gasteiger partial charge on any atom is 0.276 e. The standard InChI is InChI=1S/C22H22FN3O3S/c1-2-30(28,29)20-10-6-4-8-18(20)24-22(27)21-17-7-3-5-9-19(17)26(25-21)16-13-11-15(23)12-14-16/h4,6,8,10-14H,2-3,5,7,9H2,1H3,(H,24,27). The van der Waals surface area contributed by atoms with E-state index in [4.69, 9.17) is 0 Å². The van der Waals surface area contributed by atoms with Crippen LogP contribution in [0.1, 0.15) is 41.5 Å². The number of fused-ring (bicyclic) bond motifs is 1. The number of aromatic nitrogens is 2. The van der Waals surface area contributed by atoms with Gasteiger partial charge in [0.05, 0.1) is 22.0 Å². The topological polar surface area (TPSA) is 81.1 Å². The van der Waals surface area contributed by atoms with E-state index in [0.29, 0.717) is 12.1 Å². The van der Waals surface area contributed by atoms with E-state index in [1.165, 1.54) is 18.2 Å². The monoisotopic (exact) mass is 427 g/mol. The molecule has 1 N–H and O–H groups in total. The van der Waals surface area contributed by atoms with Crippen molar-refractivity contribution in [1.82, 2.24) is 9.78 Å². The molecule has 1 aliphatic rings. The molecule has 1 aromatic heterocycles. The molecule has 0 aliphatic heterocycles. The summed E-state index contributed by atoms with van der Waals surface area (Å²) in [5, 5.41) is 7.27. The molecule has 4 rings (SSSR count). The lowest BCUT2D eigenvalue weighted by atomic mass is 9.95. The number of carbonyl (C=O) groups is 1. The van der Waals surface area contributed by atoms with Gasteiger partial charge in [-0.05, 0) is 62.1 Å². The van der Waals surface area contributed by atoms with Crippen molar-refractivity contribution in [3.8, 4) is 5.69 Å². The lowest BCUT2D eigenvalue weighted by Gasteiger charge is -2.14. The second-order valence-electron chi connectivity index (χ2n) is 7.22. The van der Waals surface area contributed by atoms with Gasteiger partial charge in [0.25, 0.3) is 5.91 Å². The van der Waals surface area contributed by atoms with Crippen LogP contribution in [0.4, 0.5) is 10.1 Å². The summed E-state index contributed by atoms with van der Waals surface area (Å²) in [5.41, 5.74) is 3.00. The SMILES string of the molecule is CCS(=O)(=O)c1ccccc1NC(=O)c1nn(-c2ccc(F)cc2)c2c1CCCC2. The molecule has 8 heteroatoms. The number of hydrogen-bond donors (Lipinski definition) is 1. The number of amides is 1. The summed E-state index contributed by atoms with van der Waals surface area (Å²) in [5.74, 6) is -0.853. The van der Waals surface area contributed by atoms with Crippen LogP contribution in [0.5, 0.6) is 0 Å². The van der Waals surface area contributed by atoms with Gasteiger partial charge in [0, 0.05) is 11.3 Å². The van der Waals surface area contributed by atoms with Gasteiger partial charge in [-0.25, -0.2) is 17.5 Å². The molecule has 1 heterocycles. The summed E-state index contributed by atoms with van der Waals surface area (Å²) in [6.07, 6.45) is 3.42. The molecular weight excluding hydrogens is 405 g/mol. The summed E-state index contributed by atoms with van der Waals surface area (Å²) in [6.45, 7) is 1.56. The number of rotatable bonds is 5. The summed E-state index contributed by atoms with van der Waals surface area (Å²) >= 11 is 0. The van der Waals surface area contributed by atoms with E-state index < -0.39 is 15.7 Å². The van der Waals surface area contributed by atoms with E-state index in [2.05, 4.69) is 10.4 Å². The maximum absolute atomic E-state index is 13.3. The second-order valence-corrected chi connectivity index (χ2v) is 9.47. The lowest BCUT2D eigenvalue weighted by molar-refractivity contribution is 0.102. The fourth-order valence-corrected chi connectivity index (χ4v) is 4.81. The Morgan fingerprint density at radius 1 is 1.10 bits per heavy atom. The Balaban J connectivity index is 1.74. The van der Waals surface area contributed by atoms with Crippen molar-refractivity contribution in [3.05, 3.63) is 71.3 Å². The summed E-state index contributed by atoms with van der Waals surface area (Å²) in [7, 11) is -3.49. The average Bonchev–Trinajstić information content (AvgIpc) is 3.14. The highest BCUT2D eigenvalue weighted by molar-refractivity contribution is 7.91. The molecule has 156 valence electrons. The summed E-state index contributed by atoms with van der Waals surface area (Å²) in [4.78, 5) is 13.2. The Bertz CT molecular complexity index is 1200. The normalized spacial score (nSPS) is 13.7. The zero-order chi connectivity index (χ0) is 21.3. The molecule has 2 aromatic carbocycles. The van der Waals surface area contributed by atoms with E-state index in [1.54, 1.807) is 41.9 Å². The molecule has 0 saturated carbocycles.